The molecular weight excluding hydrogens is 150 g/mol. The number of nitrogens with two attached hydrogens (primary N) is 1. The van der Waals surface area contributed by atoms with Gasteiger partial charge in [-0.2, -0.15) is 0 Å². The molecule has 3 heteroatoms. The van der Waals surface area contributed by atoms with Gasteiger partial charge >= 0.3 is 0 Å². The summed E-state index contributed by atoms with van der Waals surface area (Å²) in [6.07, 6.45) is 0. The van der Waals surface area contributed by atoms with Crippen molar-refractivity contribution in [3.05, 3.63) is 17.1 Å². The van der Waals surface area contributed by atoms with Gasteiger partial charge in [-0.25, -0.2) is 4.98 Å². The lowest BCUT2D eigenvalue weighted by Gasteiger charge is -2.09. The molecule has 0 aliphatic carbocycles. The quantitative estimate of drug-likeness (QED) is 0.690. The van der Waals surface area contributed by atoms with Gasteiger partial charge in [-0.3, -0.25) is 4.98 Å². The van der Waals surface area contributed by atoms with Gasteiger partial charge in [0.2, 0.25) is 0 Å². The highest BCUT2D eigenvalue weighted by atomic mass is 14.9. The number of hydrogen-bond acceptors (Lipinski definition) is 3. The Labute approximate surface area is 73.0 Å². The Morgan fingerprint density at radius 3 is 2.08 bits per heavy atom. The number of anilines is 1. The molecule has 0 aromatic carbocycles. The molecule has 0 bridgehead atoms. The SMILES string of the molecule is Cc1nc(N)c(C(C)C)nc1C. The molecular formula is C9H15N3. The smallest absolute Gasteiger partial charge is 0.145 e. The predicted octanol–water partition coefficient (Wildman–Crippen LogP) is 1.80. The summed E-state index contributed by atoms with van der Waals surface area (Å²) in [4.78, 5) is 8.59. The van der Waals surface area contributed by atoms with Crippen LogP contribution >= 0.6 is 0 Å². The third kappa shape index (κ3) is 1.55. The second-order valence-electron chi connectivity index (χ2n) is 3.32. The zero-order valence-corrected chi connectivity index (χ0v) is 8.05. The Kier molecular flexibility index (Phi) is 2.31. The molecule has 0 amide bonds. The van der Waals surface area contributed by atoms with E-state index >= 15 is 0 Å². The van der Waals surface area contributed by atoms with Gasteiger partial charge in [0.05, 0.1) is 17.1 Å². The van der Waals surface area contributed by atoms with Crippen molar-refractivity contribution in [2.75, 3.05) is 5.73 Å². The fourth-order valence-corrected chi connectivity index (χ4v) is 1.06. The topological polar surface area (TPSA) is 51.8 Å². The third-order valence-electron chi connectivity index (χ3n) is 1.91. The Hall–Kier alpha value is -1.12. The van der Waals surface area contributed by atoms with Crippen LogP contribution in [0.1, 0.15) is 36.8 Å². The molecule has 0 spiro atoms. The predicted molar refractivity (Wildman–Crippen MR) is 50.0 cm³/mol. The first-order valence-corrected chi connectivity index (χ1v) is 4.13. The Balaban J connectivity index is 3.23. The Morgan fingerprint density at radius 1 is 1.08 bits per heavy atom. The van der Waals surface area contributed by atoms with Crippen molar-refractivity contribution in [2.24, 2.45) is 0 Å². The lowest BCUT2D eigenvalue weighted by Crippen LogP contribution is -2.06. The fraction of sp³-hybridized carbons (Fsp3) is 0.556. The molecule has 12 heavy (non-hydrogen) atoms. The number of rotatable bonds is 1. The summed E-state index contributed by atoms with van der Waals surface area (Å²) in [5.41, 5.74) is 8.50. The maximum atomic E-state index is 5.72. The minimum atomic E-state index is 0.344. The minimum absolute atomic E-state index is 0.344. The second kappa shape index (κ2) is 3.09. The van der Waals surface area contributed by atoms with Crippen molar-refractivity contribution in [1.82, 2.24) is 9.97 Å². The molecule has 0 aliphatic rings. The molecule has 0 atom stereocenters. The van der Waals surface area contributed by atoms with Crippen molar-refractivity contribution in [3.8, 4) is 0 Å². The first kappa shape index (κ1) is 8.97. The van der Waals surface area contributed by atoms with E-state index in [0.717, 1.165) is 17.1 Å². The Bertz CT molecular complexity index is 292. The number of nitrogen functional groups attached to an aromatic ring is 1. The molecule has 2 N–H and O–H groups in total. The average molecular weight is 165 g/mol. The average Bonchev–Trinajstić information content (AvgIpc) is 1.96. The molecule has 1 aromatic rings. The van der Waals surface area contributed by atoms with Gasteiger partial charge in [-0.05, 0) is 19.8 Å². The first-order valence-electron chi connectivity index (χ1n) is 4.13. The third-order valence-corrected chi connectivity index (χ3v) is 1.91. The largest absolute Gasteiger partial charge is 0.382 e. The highest BCUT2D eigenvalue weighted by molar-refractivity contribution is 5.38. The van der Waals surface area contributed by atoms with Crippen molar-refractivity contribution in [1.29, 1.82) is 0 Å². The van der Waals surface area contributed by atoms with Crippen molar-refractivity contribution < 1.29 is 0 Å². The summed E-state index contributed by atoms with van der Waals surface area (Å²) < 4.78 is 0. The second-order valence-corrected chi connectivity index (χ2v) is 3.32. The van der Waals surface area contributed by atoms with Crippen LogP contribution in [0.2, 0.25) is 0 Å². The molecule has 1 heterocycles. The summed E-state index contributed by atoms with van der Waals surface area (Å²) in [5, 5.41) is 0. The number of nitrogens with zero attached hydrogens (tertiary/aromatic N) is 2. The van der Waals surface area contributed by atoms with E-state index in [4.69, 9.17) is 5.73 Å². The van der Waals surface area contributed by atoms with Crippen LogP contribution in [0.5, 0.6) is 0 Å². The van der Waals surface area contributed by atoms with Crippen LogP contribution in [0.15, 0.2) is 0 Å². The standard InChI is InChI=1S/C9H15N3/c1-5(2)8-9(10)12-7(4)6(3)11-8/h5H,1-4H3,(H2,10,12). The van der Waals surface area contributed by atoms with E-state index < -0.39 is 0 Å². The van der Waals surface area contributed by atoms with Crippen LogP contribution in [-0.2, 0) is 0 Å². The van der Waals surface area contributed by atoms with E-state index in [9.17, 15) is 0 Å². The molecule has 3 nitrogen and oxygen atoms in total. The zero-order chi connectivity index (χ0) is 9.30. The monoisotopic (exact) mass is 165 g/mol. The number of aromatic nitrogens is 2. The molecule has 0 saturated heterocycles. The van der Waals surface area contributed by atoms with E-state index in [0.29, 0.717) is 11.7 Å². The highest BCUT2D eigenvalue weighted by Crippen LogP contribution is 2.18. The van der Waals surface area contributed by atoms with Crippen LogP contribution in [0.3, 0.4) is 0 Å². The lowest BCUT2D eigenvalue weighted by molar-refractivity contribution is 0.803. The zero-order valence-electron chi connectivity index (χ0n) is 8.05. The molecule has 1 aromatic heterocycles. The normalized spacial score (nSPS) is 10.8. The van der Waals surface area contributed by atoms with E-state index in [1.54, 1.807) is 0 Å². The van der Waals surface area contributed by atoms with Gasteiger partial charge < -0.3 is 5.73 Å². The molecule has 0 aliphatic heterocycles. The van der Waals surface area contributed by atoms with E-state index in [1.165, 1.54) is 0 Å². The minimum Gasteiger partial charge on any atom is -0.382 e. The lowest BCUT2D eigenvalue weighted by atomic mass is 10.1. The fourth-order valence-electron chi connectivity index (χ4n) is 1.06. The van der Waals surface area contributed by atoms with Crippen LogP contribution in [-0.4, -0.2) is 9.97 Å². The van der Waals surface area contributed by atoms with Gasteiger partial charge in [-0.1, -0.05) is 13.8 Å². The summed E-state index contributed by atoms with van der Waals surface area (Å²) >= 11 is 0. The first-order chi connectivity index (χ1) is 5.52. The summed E-state index contributed by atoms with van der Waals surface area (Å²) in [6.45, 7) is 8.00. The molecule has 0 fully saturated rings. The van der Waals surface area contributed by atoms with Gasteiger partial charge in [0.25, 0.3) is 0 Å². The molecule has 0 radical (unpaired) electrons. The number of hydrogen-bond donors (Lipinski definition) is 1. The molecule has 66 valence electrons. The van der Waals surface area contributed by atoms with Gasteiger partial charge in [-0.15, -0.1) is 0 Å². The van der Waals surface area contributed by atoms with Crippen LogP contribution < -0.4 is 5.73 Å². The number of aryl methyl sites for hydroxylation is 2. The van der Waals surface area contributed by atoms with Crippen molar-refractivity contribution >= 4 is 5.82 Å². The molecule has 0 unspecified atom stereocenters. The van der Waals surface area contributed by atoms with Crippen LogP contribution in [0, 0.1) is 13.8 Å². The van der Waals surface area contributed by atoms with Gasteiger partial charge in [0, 0.05) is 0 Å². The van der Waals surface area contributed by atoms with Crippen LogP contribution in [0.4, 0.5) is 5.82 Å². The van der Waals surface area contributed by atoms with Crippen molar-refractivity contribution in [2.45, 2.75) is 33.6 Å². The van der Waals surface area contributed by atoms with E-state index in [2.05, 4.69) is 23.8 Å². The summed E-state index contributed by atoms with van der Waals surface area (Å²) in [6, 6.07) is 0. The van der Waals surface area contributed by atoms with Crippen LogP contribution in [0.25, 0.3) is 0 Å². The summed E-state index contributed by atoms with van der Waals surface area (Å²) in [7, 11) is 0. The van der Waals surface area contributed by atoms with E-state index in [-0.39, 0.29) is 0 Å². The van der Waals surface area contributed by atoms with E-state index in [1.807, 2.05) is 13.8 Å². The van der Waals surface area contributed by atoms with Gasteiger partial charge in [0.1, 0.15) is 5.82 Å². The van der Waals surface area contributed by atoms with Crippen molar-refractivity contribution in [3.63, 3.8) is 0 Å². The molecule has 1 rings (SSSR count). The molecule has 0 saturated carbocycles. The van der Waals surface area contributed by atoms with Gasteiger partial charge in [0.15, 0.2) is 0 Å². The maximum Gasteiger partial charge on any atom is 0.145 e. The Morgan fingerprint density at radius 2 is 1.58 bits per heavy atom. The summed E-state index contributed by atoms with van der Waals surface area (Å²) in [5.74, 6) is 0.907. The highest BCUT2D eigenvalue weighted by Gasteiger charge is 2.08. The maximum absolute atomic E-state index is 5.72.